The summed E-state index contributed by atoms with van der Waals surface area (Å²) in [5, 5.41) is 8.48. The fourth-order valence-electron chi connectivity index (χ4n) is 3.61. The third-order valence-corrected chi connectivity index (χ3v) is 5.01. The average molecular weight is 341 g/mol. The largest absolute Gasteiger partial charge is 0.377 e. The second kappa shape index (κ2) is 6.84. The van der Waals surface area contributed by atoms with Gasteiger partial charge in [-0.15, -0.1) is 10.2 Å². The van der Waals surface area contributed by atoms with E-state index in [9.17, 15) is 4.79 Å². The Morgan fingerprint density at radius 1 is 1.16 bits per heavy atom. The highest BCUT2D eigenvalue weighted by Crippen LogP contribution is 2.26. The smallest absolute Gasteiger partial charge is 0.275 e. The first-order chi connectivity index (χ1) is 12.2. The molecule has 0 saturated carbocycles. The molecular formula is C18H23N5O2. The molecule has 2 aromatic heterocycles. The van der Waals surface area contributed by atoms with Crippen LogP contribution in [0.5, 0.6) is 0 Å². The standard InChI is InChI=1S/C18H23N5O2/c1-21-8-4-5-15(21)16-13-25-12-11-23(16)18(24)14-6-7-17(20-19-14)22-9-2-3-10-22/h4-8,16H,2-3,9-13H2,1H3. The van der Waals surface area contributed by atoms with Crippen molar-refractivity contribution >= 4 is 11.7 Å². The number of aryl methyl sites for hydroxylation is 1. The molecule has 25 heavy (non-hydrogen) atoms. The van der Waals surface area contributed by atoms with E-state index >= 15 is 0 Å². The highest BCUT2D eigenvalue weighted by Gasteiger charge is 2.31. The lowest BCUT2D eigenvalue weighted by Crippen LogP contribution is -2.44. The van der Waals surface area contributed by atoms with E-state index in [1.807, 2.05) is 40.9 Å². The third-order valence-electron chi connectivity index (χ3n) is 5.01. The van der Waals surface area contributed by atoms with Crippen LogP contribution in [-0.2, 0) is 11.8 Å². The number of carbonyl (C=O) groups is 1. The molecule has 2 saturated heterocycles. The maximum absolute atomic E-state index is 13.0. The minimum absolute atomic E-state index is 0.0880. The summed E-state index contributed by atoms with van der Waals surface area (Å²) in [7, 11) is 1.98. The highest BCUT2D eigenvalue weighted by atomic mass is 16.5. The molecule has 2 aromatic rings. The Labute approximate surface area is 147 Å². The average Bonchev–Trinajstić information content (AvgIpc) is 3.33. The van der Waals surface area contributed by atoms with Crippen molar-refractivity contribution in [3.8, 4) is 0 Å². The lowest BCUT2D eigenvalue weighted by Gasteiger charge is -2.35. The van der Waals surface area contributed by atoms with E-state index in [1.165, 1.54) is 12.8 Å². The molecule has 7 nitrogen and oxygen atoms in total. The minimum atomic E-state index is -0.0960. The monoisotopic (exact) mass is 341 g/mol. The van der Waals surface area contributed by atoms with Gasteiger partial charge >= 0.3 is 0 Å². The summed E-state index contributed by atoms with van der Waals surface area (Å²) in [4.78, 5) is 17.1. The van der Waals surface area contributed by atoms with Crippen LogP contribution in [0.1, 0.15) is 35.1 Å². The van der Waals surface area contributed by atoms with E-state index < -0.39 is 0 Å². The van der Waals surface area contributed by atoms with Crippen molar-refractivity contribution in [2.24, 2.45) is 7.05 Å². The molecule has 7 heteroatoms. The summed E-state index contributed by atoms with van der Waals surface area (Å²) in [6.07, 6.45) is 4.36. The molecule has 4 rings (SSSR count). The molecule has 0 spiro atoms. The van der Waals surface area contributed by atoms with Crippen LogP contribution >= 0.6 is 0 Å². The fourth-order valence-corrected chi connectivity index (χ4v) is 3.61. The summed E-state index contributed by atoms with van der Waals surface area (Å²) < 4.78 is 7.64. The summed E-state index contributed by atoms with van der Waals surface area (Å²) in [6, 6.07) is 7.62. The van der Waals surface area contributed by atoms with Gasteiger partial charge in [0.2, 0.25) is 0 Å². The molecule has 132 valence electrons. The van der Waals surface area contributed by atoms with Gasteiger partial charge in [0.05, 0.1) is 19.3 Å². The summed E-state index contributed by atoms with van der Waals surface area (Å²) in [6.45, 7) is 3.64. The van der Waals surface area contributed by atoms with Crippen molar-refractivity contribution in [3.05, 3.63) is 41.9 Å². The zero-order valence-electron chi connectivity index (χ0n) is 14.5. The van der Waals surface area contributed by atoms with Crippen LogP contribution in [0.25, 0.3) is 0 Å². The number of hydrogen-bond donors (Lipinski definition) is 0. The van der Waals surface area contributed by atoms with Crippen LogP contribution in [0.4, 0.5) is 5.82 Å². The third kappa shape index (κ3) is 3.11. The summed E-state index contributed by atoms with van der Waals surface area (Å²) in [5.41, 5.74) is 1.46. The fraction of sp³-hybridized carbons (Fsp3) is 0.500. The Morgan fingerprint density at radius 2 is 2.00 bits per heavy atom. The zero-order valence-corrected chi connectivity index (χ0v) is 14.5. The Hall–Kier alpha value is -2.41. The second-order valence-corrected chi connectivity index (χ2v) is 6.60. The maximum Gasteiger partial charge on any atom is 0.275 e. The summed E-state index contributed by atoms with van der Waals surface area (Å²) >= 11 is 0. The molecule has 1 atom stereocenters. The van der Waals surface area contributed by atoms with Crippen molar-refractivity contribution in [2.75, 3.05) is 37.7 Å². The van der Waals surface area contributed by atoms with Gasteiger partial charge in [-0.1, -0.05) is 0 Å². The molecule has 2 fully saturated rings. The quantitative estimate of drug-likeness (QED) is 0.849. The van der Waals surface area contributed by atoms with Gasteiger partial charge in [-0.05, 0) is 37.1 Å². The lowest BCUT2D eigenvalue weighted by atomic mass is 10.1. The van der Waals surface area contributed by atoms with Crippen molar-refractivity contribution in [2.45, 2.75) is 18.9 Å². The molecule has 1 unspecified atom stereocenters. The van der Waals surface area contributed by atoms with E-state index in [0.717, 1.165) is 24.6 Å². The van der Waals surface area contributed by atoms with Crippen LogP contribution in [0.3, 0.4) is 0 Å². The van der Waals surface area contributed by atoms with Crippen LogP contribution < -0.4 is 4.90 Å². The highest BCUT2D eigenvalue weighted by molar-refractivity contribution is 5.92. The first-order valence-corrected chi connectivity index (χ1v) is 8.82. The van der Waals surface area contributed by atoms with Crippen molar-refractivity contribution in [3.63, 3.8) is 0 Å². The van der Waals surface area contributed by atoms with Crippen LogP contribution in [0, 0.1) is 0 Å². The van der Waals surface area contributed by atoms with E-state index in [-0.39, 0.29) is 11.9 Å². The van der Waals surface area contributed by atoms with Gasteiger partial charge in [0.15, 0.2) is 11.5 Å². The van der Waals surface area contributed by atoms with Crippen molar-refractivity contribution in [1.82, 2.24) is 19.7 Å². The van der Waals surface area contributed by atoms with Gasteiger partial charge in [-0.2, -0.15) is 0 Å². The van der Waals surface area contributed by atoms with Crippen LogP contribution in [-0.4, -0.2) is 58.4 Å². The predicted molar refractivity (Wildman–Crippen MR) is 93.5 cm³/mol. The Balaban J connectivity index is 1.55. The number of nitrogens with zero attached hydrogens (tertiary/aromatic N) is 5. The first-order valence-electron chi connectivity index (χ1n) is 8.82. The molecule has 0 radical (unpaired) electrons. The van der Waals surface area contributed by atoms with Crippen LogP contribution in [0.15, 0.2) is 30.5 Å². The van der Waals surface area contributed by atoms with Gasteiger partial charge in [0.1, 0.15) is 0 Å². The van der Waals surface area contributed by atoms with Gasteiger partial charge in [0.25, 0.3) is 5.91 Å². The molecule has 0 N–H and O–H groups in total. The summed E-state index contributed by atoms with van der Waals surface area (Å²) in [5.74, 6) is 0.769. The first kappa shape index (κ1) is 16.1. The number of amides is 1. The molecule has 2 aliphatic rings. The minimum Gasteiger partial charge on any atom is -0.377 e. The van der Waals surface area contributed by atoms with Crippen molar-refractivity contribution < 1.29 is 9.53 Å². The van der Waals surface area contributed by atoms with Gasteiger partial charge in [0, 0.05) is 38.6 Å². The second-order valence-electron chi connectivity index (χ2n) is 6.60. The Bertz CT molecular complexity index is 736. The lowest BCUT2D eigenvalue weighted by molar-refractivity contribution is -0.00499. The number of hydrogen-bond acceptors (Lipinski definition) is 5. The topological polar surface area (TPSA) is 63.5 Å². The Kier molecular flexibility index (Phi) is 4.40. The molecular weight excluding hydrogens is 318 g/mol. The zero-order chi connectivity index (χ0) is 17.2. The number of carbonyl (C=O) groups excluding carboxylic acids is 1. The Morgan fingerprint density at radius 3 is 2.68 bits per heavy atom. The van der Waals surface area contributed by atoms with Gasteiger partial charge in [-0.3, -0.25) is 4.79 Å². The van der Waals surface area contributed by atoms with E-state index in [4.69, 9.17) is 4.74 Å². The molecule has 0 aliphatic carbocycles. The van der Waals surface area contributed by atoms with Gasteiger partial charge < -0.3 is 19.1 Å². The van der Waals surface area contributed by atoms with Crippen molar-refractivity contribution in [1.29, 1.82) is 0 Å². The predicted octanol–water partition coefficient (Wildman–Crippen LogP) is 1.63. The molecule has 4 heterocycles. The van der Waals surface area contributed by atoms with E-state index in [2.05, 4.69) is 15.1 Å². The molecule has 0 bridgehead atoms. The van der Waals surface area contributed by atoms with Gasteiger partial charge in [-0.25, -0.2) is 0 Å². The van der Waals surface area contributed by atoms with E-state index in [1.54, 1.807) is 6.07 Å². The number of morpholine rings is 1. The van der Waals surface area contributed by atoms with Crippen LogP contribution in [0.2, 0.25) is 0 Å². The number of rotatable bonds is 3. The number of anilines is 1. The SMILES string of the molecule is Cn1cccc1C1COCCN1C(=O)c1ccc(N2CCCC2)nn1. The number of ether oxygens (including phenoxy) is 1. The normalized spacial score (nSPS) is 20.9. The number of aromatic nitrogens is 3. The maximum atomic E-state index is 13.0. The van der Waals surface area contributed by atoms with E-state index in [0.29, 0.717) is 25.5 Å². The molecule has 2 aliphatic heterocycles. The molecule has 1 amide bonds. The molecule has 0 aromatic carbocycles.